The van der Waals surface area contributed by atoms with Crippen molar-refractivity contribution in [3.8, 4) is 0 Å². The molecule has 2 nitrogen and oxygen atoms in total. The van der Waals surface area contributed by atoms with Crippen molar-refractivity contribution in [3.05, 3.63) is 35.9 Å². The van der Waals surface area contributed by atoms with E-state index in [4.69, 9.17) is 4.84 Å². The predicted molar refractivity (Wildman–Crippen MR) is 46.9 cm³/mol. The zero-order valence-electron chi connectivity index (χ0n) is 6.73. The molecule has 0 saturated carbocycles. The van der Waals surface area contributed by atoms with Gasteiger partial charge in [0, 0.05) is 0 Å². The van der Waals surface area contributed by atoms with Crippen molar-refractivity contribution < 1.29 is 4.84 Å². The summed E-state index contributed by atoms with van der Waals surface area (Å²) in [5, 5.41) is 3.68. The first kappa shape index (κ1) is 7.35. The molecule has 1 radical (unpaired) electrons. The molecule has 0 amide bonds. The first-order valence-electron chi connectivity index (χ1n) is 4.10. The highest BCUT2D eigenvalue weighted by molar-refractivity contribution is 5.56. The molecule has 12 heavy (non-hydrogen) atoms. The molecule has 61 valence electrons. The van der Waals surface area contributed by atoms with Gasteiger partial charge in [0.15, 0.2) is 6.10 Å². The predicted octanol–water partition coefficient (Wildman–Crippen LogP) is 2.40. The molecule has 1 aliphatic rings. The summed E-state index contributed by atoms with van der Waals surface area (Å²) in [5.74, 6) is 0. The molecule has 0 aromatic heterocycles. The zero-order valence-corrected chi connectivity index (χ0v) is 6.73. The Hall–Kier alpha value is -1.31. The molecule has 1 atom stereocenters. The Bertz CT molecular complexity index is 268. The average molecular weight is 160 g/mol. The Labute approximate surface area is 71.8 Å². The number of hydrogen-bond acceptors (Lipinski definition) is 2. The van der Waals surface area contributed by atoms with Gasteiger partial charge >= 0.3 is 0 Å². The lowest BCUT2D eigenvalue weighted by Crippen LogP contribution is -2.05. The first-order chi connectivity index (χ1) is 5.97. The topological polar surface area (TPSA) is 21.6 Å². The van der Waals surface area contributed by atoms with Crippen LogP contribution < -0.4 is 0 Å². The van der Waals surface area contributed by atoms with Crippen LogP contribution >= 0.6 is 0 Å². The van der Waals surface area contributed by atoms with E-state index in [-0.39, 0.29) is 6.10 Å². The van der Waals surface area contributed by atoms with E-state index in [0.29, 0.717) is 0 Å². The normalized spacial score (nSPS) is 21.8. The maximum Gasteiger partial charge on any atom is 0.152 e. The van der Waals surface area contributed by atoms with Gasteiger partial charge in [-0.25, -0.2) is 0 Å². The Morgan fingerprint density at radius 1 is 1.33 bits per heavy atom. The summed E-state index contributed by atoms with van der Waals surface area (Å²) in [6.45, 7) is 0. The standard InChI is InChI=1S/C10H10NO/c1-2-5-9(6-3-1)10-7-4-8-11-12-10/h1-3,5-6,10H,4,7H2. The van der Waals surface area contributed by atoms with Crippen LogP contribution in [0.2, 0.25) is 0 Å². The molecule has 1 aromatic carbocycles. The van der Waals surface area contributed by atoms with Crippen molar-refractivity contribution in [2.24, 2.45) is 5.16 Å². The highest BCUT2D eigenvalue weighted by Crippen LogP contribution is 2.24. The quantitative estimate of drug-likeness (QED) is 0.618. The summed E-state index contributed by atoms with van der Waals surface area (Å²) in [5.41, 5.74) is 1.20. The second-order valence-electron chi connectivity index (χ2n) is 2.79. The molecule has 2 rings (SSSR count). The van der Waals surface area contributed by atoms with E-state index in [1.165, 1.54) is 5.56 Å². The van der Waals surface area contributed by atoms with Crippen LogP contribution in [0.25, 0.3) is 0 Å². The average Bonchev–Trinajstić information content (AvgIpc) is 2.21. The van der Waals surface area contributed by atoms with E-state index < -0.39 is 0 Å². The molecule has 0 bridgehead atoms. The number of nitrogens with zero attached hydrogens (tertiary/aromatic N) is 1. The van der Waals surface area contributed by atoms with Crippen LogP contribution in [0, 0.1) is 0 Å². The molecule has 0 spiro atoms. The Morgan fingerprint density at radius 2 is 2.17 bits per heavy atom. The van der Waals surface area contributed by atoms with E-state index in [2.05, 4.69) is 23.5 Å². The lowest BCUT2D eigenvalue weighted by atomic mass is 10.1. The Morgan fingerprint density at radius 3 is 2.83 bits per heavy atom. The van der Waals surface area contributed by atoms with Crippen molar-refractivity contribution in [1.82, 2.24) is 0 Å². The summed E-state index contributed by atoms with van der Waals surface area (Å²) >= 11 is 0. The van der Waals surface area contributed by atoms with Crippen LogP contribution in [0.15, 0.2) is 35.5 Å². The largest absolute Gasteiger partial charge is 0.387 e. The molecule has 2 heteroatoms. The van der Waals surface area contributed by atoms with Crippen LogP contribution in [-0.4, -0.2) is 6.21 Å². The Balaban J connectivity index is 2.15. The highest BCUT2D eigenvalue weighted by atomic mass is 16.6. The van der Waals surface area contributed by atoms with Gasteiger partial charge in [-0.1, -0.05) is 35.5 Å². The fourth-order valence-electron chi connectivity index (χ4n) is 1.29. The molecule has 0 N–H and O–H groups in total. The van der Waals surface area contributed by atoms with Gasteiger partial charge in [0.2, 0.25) is 0 Å². The van der Waals surface area contributed by atoms with Gasteiger partial charge in [-0.2, -0.15) is 0 Å². The van der Waals surface area contributed by atoms with Gasteiger partial charge in [-0.15, -0.1) is 0 Å². The SMILES string of the molecule is [C]1=NOC(c2ccccc2)CC1. The molecule has 1 aliphatic heterocycles. The van der Waals surface area contributed by atoms with Crippen molar-refractivity contribution in [2.45, 2.75) is 18.9 Å². The fourth-order valence-corrected chi connectivity index (χ4v) is 1.29. The second kappa shape index (κ2) is 3.39. The van der Waals surface area contributed by atoms with Crippen LogP contribution in [0.4, 0.5) is 0 Å². The summed E-state index contributed by atoms with van der Waals surface area (Å²) in [6.07, 6.45) is 4.79. The molecule has 1 aromatic rings. The minimum absolute atomic E-state index is 0.132. The molecular weight excluding hydrogens is 150 g/mol. The number of hydrogen-bond donors (Lipinski definition) is 0. The summed E-state index contributed by atoms with van der Waals surface area (Å²) in [4.78, 5) is 5.18. The zero-order chi connectivity index (χ0) is 8.23. The minimum Gasteiger partial charge on any atom is -0.387 e. The number of benzene rings is 1. The third-order valence-electron chi connectivity index (χ3n) is 1.93. The van der Waals surface area contributed by atoms with E-state index in [1.54, 1.807) is 0 Å². The van der Waals surface area contributed by atoms with Crippen LogP contribution in [0.5, 0.6) is 0 Å². The van der Waals surface area contributed by atoms with Gasteiger partial charge < -0.3 is 4.84 Å². The Kier molecular flexibility index (Phi) is 2.08. The van der Waals surface area contributed by atoms with Gasteiger partial charge in [0.05, 0.1) is 0 Å². The van der Waals surface area contributed by atoms with Crippen molar-refractivity contribution in [1.29, 1.82) is 0 Å². The van der Waals surface area contributed by atoms with Crippen LogP contribution in [0.1, 0.15) is 24.5 Å². The molecule has 0 fully saturated rings. The molecule has 0 saturated heterocycles. The van der Waals surface area contributed by atoms with Crippen molar-refractivity contribution >= 4 is 6.21 Å². The molecule has 1 heterocycles. The molecular formula is C10H10NO. The van der Waals surface area contributed by atoms with E-state index in [1.807, 2.05) is 18.2 Å². The molecule has 1 unspecified atom stereocenters. The summed E-state index contributed by atoms with van der Waals surface area (Å²) in [6, 6.07) is 10.2. The van der Waals surface area contributed by atoms with Gasteiger partial charge in [0.1, 0.15) is 6.21 Å². The fraction of sp³-hybridized carbons (Fsp3) is 0.300. The van der Waals surface area contributed by atoms with Crippen molar-refractivity contribution in [3.63, 3.8) is 0 Å². The van der Waals surface area contributed by atoms with Gasteiger partial charge in [-0.3, -0.25) is 0 Å². The minimum atomic E-state index is 0.132. The third kappa shape index (κ3) is 1.47. The monoisotopic (exact) mass is 160 g/mol. The van der Waals surface area contributed by atoms with E-state index >= 15 is 0 Å². The van der Waals surface area contributed by atoms with E-state index in [0.717, 1.165) is 12.8 Å². The van der Waals surface area contributed by atoms with E-state index in [9.17, 15) is 0 Å². The van der Waals surface area contributed by atoms with Gasteiger partial charge in [0.25, 0.3) is 0 Å². The smallest absolute Gasteiger partial charge is 0.152 e. The lowest BCUT2D eigenvalue weighted by Gasteiger charge is -2.16. The van der Waals surface area contributed by atoms with Crippen molar-refractivity contribution in [2.75, 3.05) is 0 Å². The molecule has 0 aliphatic carbocycles. The highest BCUT2D eigenvalue weighted by Gasteiger charge is 2.14. The summed E-state index contributed by atoms with van der Waals surface area (Å²) in [7, 11) is 0. The van der Waals surface area contributed by atoms with Gasteiger partial charge in [-0.05, 0) is 18.4 Å². The first-order valence-corrected chi connectivity index (χ1v) is 4.10. The number of rotatable bonds is 1. The third-order valence-corrected chi connectivity index (χ3v) is 1.93. The van der Waals surface area contributed by atoms with Crippen LogP contribution in [0.3, 0.4) is 0 Å². The second-order valence-corrected chi connectivity index (χ2v) is 2.79. The maximum absolute atomic E-state index is 5.18. The van der Waals surface area contributed by atoms with Crippen LogP contribution in [-0.2, 0) is 4.84 Å². The maximum atomic E-state index is 5.18. The lowest BCUT2D eigenvalue weighted by molar-refractivity contribution is 0.0450. The summed E-state index contributed by atoms with van der Waals surface area (Å²) < 4.78 is 0.